The lowest BCUT2D eigenvalue weighted by atomic mass is 10.2. The Bertz CT molecular complexity index is 513. The van der Waals surface area contributed by atoms with Gasteiger partial charge in [0.2, 0.25) is 5.91 Å². The number of benzene rings is 1. The fourth-order valence-electron chi connectivity index (χ4n) is 1.74. The van der Waals surface area contributed by atoms with E-state index in [4.69, 9.17) is 0 Å². The van der Waals surface area contributed by atoms with Gasteiger partial charge in [0.15, 0.2) is 0 Å². The van der Waals surface area contributed by atoms with Crippen molar-refractivity contribution in [3.05, 3.63) is 46.9 Å². The molecule has 2 rings (SSSR count). The zero-order valence-electron chi connectivity index (χ0n) is 11.0. The molecule has 19 heavy (non-hydrogen) atoms. The number of hydrogen-bond donors (Lipinski definition) is 2. The Morgan fingerprint density at radius 1 is 1.26 bits per heavy atom. The van der Waals surface area contributed by atoms with Crippen LogP contribution < -0.4 is 10.6 Å². The van der Waals surface area contributed by atoms with Crippen LogP contribution in [0, 0.1) is 0 Å². The molecule has 2 N–H and O–H groups in total. The largest absolute Gasteiger partial charge is 0.325 e. The summed E-state index contributed by atoms with van der Waals surface area (Å²) in [5.41, 5.74) is 0.808. The van der Waals surface area contributed by atoms with E-state index in [0.717, 1.165) is 10.7 Å². The van der Waals surface area contributed by atoms with Crippen LogP contribution >= 0.6 is 11.3 Å². The third-order valence-corrected chi connectivity index (χ3v) is 3.71. The highest BCUT2D eigenvalue weighted by Crippen LogP contribution is 2.15. The predicted molar refractivity (Wildman–Crippen MR) is 78.2 cm³/mol. The molecular formula is C14H17N3OS. The minimum Gasteiger partial charge on any atom is -0.325 e. The second-order valence-corrected chi connectivity index (χ2v) is 5.26. The summed E-state index contributed by atoms with van der Waals surface area (Å²) in [6, 6.07) is 9.24. The maximum atomic E-state index is 12.0. The number of carbonyl (C=O) groups is 1. The molecular weight excluding hydrogens is 258 g/mol. The van der Waals surface area contributed by atoms with Gasteiger partial charge in [-0.25, -0.2) is 4.98 Å². The van der Waals surface area contributed by atoms with E-state index in [1.54, 1.807) is 17.5 Å². The Labute approximate surface area is 116 Å². The first-order valence-corrected chi connectivity index (χ1v) is 7.06. The maximum absolute atomic E-state index is 12.0. The molecule has 0 radical (unpaired) electrons. The minimum absolute atomic E-state index is 0.0467. The summed E-state index contributed by atoms with van der Waals surface area (Å²) in [5.74, 6) is -0.0467. The summed E-state index contributed by atoms with van der Waals surface area (Å²) in [4.78, 5) is 16.3. The second-order valence-electron chi connectivity index (χ2n) is 4.34. The summed E-state index contributed by atoms with van der Waals surface area (Å²) in [6.45, 7) is 3.85. The first kappa shape index (κ1) is 13.7. The molecule has 5 heteroatoms. The Morgan fingerprint density at radius 3 is 2.63 bits per heavy atom. The van der Waals surface area contributed by atoms with Crippen LogP contribution in [0.3, 0.4) is 0 Å². The number of para-hydroxylation sites is 1. The predicted octanol–water partition coefficient (Wildman–Crippen LogP) is 2.82. The number of amides is 1. The quantitative estimate of drug-likeness (QED) is 0.882. The molecule has 0 saturated carbocycles. The highest BCUT2D eigenvalue weighted by molar-refractivity contribution is 7.09. The molecule has 2 atom stereocenters. The summed E-state index contributed by atoms with van der Waals surface area (Å²) >= 11 is 1.58. The lowest BCUT2D eigenvalue weighted by Gasteiger charge is -2.18. The molecule has 4 nitrogen and oxygen atoms in total. The van der Waals surface area contributed by atoms with Gasteiger partial charge >= 0.3 is 0 Å². The van der Waals surface area contributed by atoms with Crippen molar-refractivity contribution < 1.29 is 4.79 Å². The van der Waals surface area contributed by atoms with Crippen molar-refractivity contribution in [3.63, 3.8) is 0 Å². The summed E-state index contributed by atoms with van der Waals surface area (Å²) < 4.78 is 0. The molecule has 1 aromatic carbocycles. The van der Waals surface area contributed by atoms with Crippen LogP contribution in [0.4, 0.5) is 5.69 Å². The molecule has 0 spiro atoms. The fourth-order valence-corrected chi connectivity index (χ4v) is 2.40. The van der Waals surface area contributed by atoms with Crippen molar-refractivity contribution in [2.75, 3.05) is 5.32 Å². The lowest BCUT2D eigenvalue weighted by molar-refractivity contribution is -0.117. The number of nitrogens with one attached hydrogen (secondary N) is 2. The van der Waals surface area contributed by atoms with Gasteiger partial charge in [0.25, 0.3) is 0 Å². The zero-order chi connectivity index (χ0) is 13.7. The molecule has 0 fully saturated rings. The van der Waals surface area contributed by atoms with Crippen molar-refractivity contribution in [1.29, 1.82) is 0 Å². The first-order chi connectivity index (χ1) is 9.16. The molecule has 2 unspecified atom stereocenters. The van der Waals surface area contributed by atoms with E-state index in [-0.39, 0.29) is 18.0 Å². The van der Waals surface area contributed by atoms with E-state index in [9.17, 15) is 4.79 Å². The third kappa shape index (κ3) is 3.87. The summed E-state index contributed by atoms with van der Waals surface area (Å²) in [5, 5.41) is 9.03. The number of nitrogens with zero attached hydrogens (tertiary/aromatic N) is 1. The average Bonchev–Trinajstić information content (AvgIpc) is 2.93. The van der Waals surface area contributed by atoms with Crippen LogP contribution in [-0.4, -0.2) is 16.9 Å². The zero-order valence-corrected chi connectivity index (χ0v) is 11.8. The molecule has 1 heterocycles. The number of anilines is 1. The topological polar surface area (TPSA) is 54.0 Å². The van der Waals surface area contributed by atoms with Crippen LogP contribution in [0.5, 0.6) is 0 Å². The Hall–Kier alpha value is -1.72. The molecule has 0 aliphatic carbocycles. The van der Waals surface area contributed by atoms with Crippen LogP contribution in [0.15, 0.2) is 41.9 Å². The monoisotopic (exact) mass is 275 g/mol. The number of aromatic nitrogens is 1. The molecule has 1 amide bonds. The number of thiazole rings is 1. The van der Waals surface area contributed by atoms with Gasteiger partial charge in [-0.05, 0) is 26.0 Å². The number of hydrogen-bond acceptors (Lipinski definition) is 4. The van der Waals surface area contributed by atoms with Crippen LogP contribution in [0.25, 0.3) is 0 Å². The summed E-state index contributed by atoms with van der Waals surface area (Å²) in [6.07, 6.45) is 1.77. The van der Waals surface area contributed by atoms with Gasteiger partial charge in [0.05, 0.1) is 12.1 Å². The van der Waals surface area contributed by atoms with E-state index in [0.29, 0.717) is 0 Å². The van der Waals surface area contributed by atoms with E-state index in [1.807, 2.05) is 49.6 Å². The standard InChI is InChI=1S/C14H17N3OS/c1-10(16-11(2)14-15-8-9-19-14)13(18)17-12-6-4-3-5-7-12/h3-11,16H,1-2H3,(H,17,18). The van der Waals surface area contributed by atoms with Gasteiger partial charge < -0.3 is 5.32 Å². The van der Waals surface area contributed by atoms with Crippen molar-refractivity contribution >= 4 is 22.9 Å². The smallest absolute Gasteiger partial charge is 0.241 e. The Morgan fingerprint density at radius 2 is 2.00 bits per heavy atom. The van der Waals surface area contributed by atoms with Gasteiger partial charge in [0, 0.05) is 17.3 Å². The first-order valence-electron chi connectivity index (χ1n) is 6.18. The van der Waals surface area contributed by atoms with Crippen molar-refractivity contribution in [1.82, 2.24) is 10.3 Å². The van der Waals surface area contributed by atoms with E-state index < -0.39 is 0 Å². The van der Waals surface area contributed by atoms with Crippen molar-refractivity contribution in [2.45, 2.75) is 25.9 Å². The van der Waals surface area contributed by atoms with Gasteiger partial charge in [-0.15, -0.1) is 11.3 Å². The molecule has 0 aliphatic heterocycles. The van der Waals surface area contributed by atoms with Gasteiger partial charge in [-0.3, -0.25) is 10.1 Å². The van der Waals surface area contributed by atoms with E-state index in [2.05, 4.69) is 15.6 Å². The van der Waals surface area contributed by atoms with Gasteiger partial charge in [-0.2, -0.15) is 0 Å². The SMILES string of the molecule is CC(NC(C)c1nccs1)C(=O)Nc1ccccc1. The number of rotatable bonds is 5. The maximum Gasteiger partial charge on any atom is 0.241 e. The highest BCUT2D eigenvalue weighted by atomic mass is 32.1. The summed E-state index contributed by atoms with van der Waals surface area (Å²) in [7, 11) is 0. The molecule has 0 aliphatic rings. The highest BCUT2D eigenvalue weighted by Gasteiger charge is 2.17. The van der Waals surface area contributed by atoms with E-state index >= 15 is 0 Å². The Balaban J connectivity index is 1.89. The lowest BCUT2D eigenvalue weighted by Crippen LogP contribution is -2.39. The molecule has 2 aromatic rings. The molecule has 0 saturated heterocycles. The second kappa shape index (κ2) is 6.45. The normalized spacial score (nSPS) is 13.8. The van der Waals surface area contributed by atoms with Crippen molar-refractivity contribution in [2.24, 2.45) is 0 Å². The van der Waals surface area contributed by atoms with E-state index in [1.165, 1.54) is 0 Å². The molecule has 1 aromatic heterocycles. The van der Waals surface area contributed by atoms with Crippen LogP contribution in [-0.2, 0) is 4.79 Å². The van der Waals surface area contributed by atoms with Crippen LogP contribution in [0.1, 0.15) is 24.9 Å². The number of carbonyl (C=O) groups excluding carboxylic acids is 1. The molecule has 100 valence electrons. The van der Waals surface area contributed by atoms with Gasteiger partial charge in [-0.1, -0.05) is 18.2 Å². The van der Waals surface area contributed by atoms with Crippen LogP contribution in [0.2, 0.25) is 0 Å². The fraction of sp³-hybridized carbons (Fsp3) is 0.286. The van der Waals surface area contributed by atoms with Crippen molar-refractivity contribution in [3.8, 4) is 0 Å². The van der Waals surface area contributed by atoms with Gasteiger partial charge in [0.1, 0.15) is 5.01 Å². The molecule has 0 bridgehead atoms. The average molecular weight is 275 g/mol. The minimum atomic E-state index is -0.279. The Kier molecular flexibility index (Phi) is 4.65. The third-order valence-electron chi connectivity index (χ3n) is 2.76.